The highest BCUT2D eigenvalue weighted by Gasteiger charge is 2.25. The molecule has 1 aromatic heterocycles. The first-order valence-corrected chi connectivity index (χ1v) is 13.3. The summed E-state index contributed by atoms with van der Waals surface area (Å²) in [7, 11) is 0. The van der Waals surface area contributed by atoms with Gasteiger partial charge in [0.05, 0.1) is 17.5 Å². The zero-order valence-corrected chi connectivity index (χ0v) is 24.3. The third-order valence-corrected chi connectivity index (χ3v) is 5.83. The highest BCUT2D eigenvalue weighted by Crippen LogP contribution is 2.35. The summed E-state index contributed by atoms with van der Waals surface area (Å²) in [5.74, 6) is -1.16. The van der Waals surface area contributed by atoms with Crippen LogP contribution in [0, 0.1) is 43.2 Å². The van der Waals surface area contributed by atoms with Crippen LogP contribution in [0.3, 0.4) is 0 Å². The summed E-state index contributed by atoms with van der Waals surface area (Å²) >= 11 is 0. The van der Waals surface area contributed by atoms with Gasteiger partial charge in [0.25, 0.3) is 5.91 Å². The van der Waals surface area contributed by atoms with E-state index in [9.17, 15) is 13.6 Å². The largest absolute Gasteiger partial charge is 0.401 e. The van der Waals surface area contributed by atoms with Crippen LogP contribution >= 0.6 is 0 Å². The third-order valence-electron chi connectivity index (χ3n) is 5.83. The monoisotopic (exact) mass is 551 g/mol. The Morgan fingerprint density at radius 2 is 1.65 bits per heavy atom. The van der Waals surface area contributed by atoms with E-state index in [1.807, 2.05) is 13.8 Å². The lowest BCUT2D eigenvalue weighted by molar-refractivity contribution is 0.0929. The molecule has 1 aliphatic rings. The van der Waals surface area contributed by atoms with Gasteiger partial charge in [0.15, 0.2) is 0 Å². The van der Waals surface area contributed by atoms with Crippen molar-refractivity contribution >= 4 is 11.6 Å². The maximum atomic E-state index is 14.1. The second-order valence-corrected chi connectivity index (χ2v) is 9.67. The summed E-state index contributed by atoms with van der Waals surface area (Å²) in [6.45, 7) is 10.5. The fraction of sp³-hybridized carbons (Fsp3) is 0.406. The van der Waals surface area contributed by atoms with Crippen LogP contribution in [0.2, 0.25) is 0 Å². The van der Waals surface area contributed by atoms with Crippen LogP contribution in [0.5, 0.6) is 0 Å². The standard InChI is InChI=1S/C24H29F2N5O.C4H10.2C2H2/c1-3-15(4-2)30-24(32)21-13-29-12-20(31-21)16-8-5-7-14(23(16)28)11-19(27)22-17(25)9-6-10-18(22)26;1-4(2)3;2*1-2/h6,9-13,15-16H,3-5,7-8,27-28H2,1-2H3,(H,30,32);4H,1-3H3;2*1-2H/b19-11-;;;. The first-order chi connectivity index (χ1) is 19.1. The van der Waals surface area contributed by atoms with Crippen molar-refractivity contribution < 1.29 is 13.6 Å². The van der Waals surface area contributed by atoms with E-state index in [2.05, 4.69) is 61.7 Å². The molecule has 2 aromatic rings. The number of hydrogen-bond donors (Lipinski definition) is 3. The quantitative estimate of drug-likeness (QED) is 0.350. The topological polar surface area (TPSA) is 107 Å². The Bertz CT molecular complexity index is 1150. The molecule has 5 N–H and O–H groups in total. The molecule has 0 saturated carbocycles. The molecule has 0 saturated heterocycles. The lowest BCUT2D eigenvalue weighted by Crippen LogP contribution is -2.34. The summed E-state index contributed by atoms with van der Waals surface area (Å²) in [4.78, 5) is 21.3. The lowest BCUT2D eigenvalue weighted by Gasteiger charge is -2.25. The van der Waals surface area contributed by atoms with E-state index in [0.717, 1.165) is 43.7 Å². The van der Waals surface area contributed by atoms with Crippen LogP contribution < -0.4 is 16.8 Å². The van der Waals surface area contributed by atoms with Crippen molar-refractivity contribution in [2.75, 3.05) is 0 Å². The molecule has 0 bridgehead atoms. The average molecular weight is 552 g/mol. The van der Waals surface area contributed by atoms with E-state index >= 15 is 0 Å². The number of carbonyl (C=O) groups is 1. The highest BCUT2D eigenvalue weighted by atomic mass is 19.1. The molecule has 8 heteroatoms. The zero-order chi connectivity index (χ0) is 30.8. The number of rotatable bonds is 7. The molecule has 6 nitrogen and oxygen atoms in total. The van der Waals surface area contributed by atoms with Crippen molar-refractivity contribution in [1.29, 1.82) is 0 Å². The minimum atomic E-state index is -0.729. The predicted molar refractivity (Wildman–Crippen MR) is 160 cm³/mol. The van der Waals surface area contributed by atoms with Gasteiger partial charge in [-0.2, -0.15) is 0 Å². The Morgan fingerprint density at radius 3 is 2.17 bits per heavy atom. The Labute approximate surface area is 238 Å². The van der Waals surface area contributed by atoms with Crippen LogP contribution in [-0.2, 0) is 0 Å². The molecule has 1 amide bonds. The fourth-order valence-corrected chi connectivity index (χ4v) is 3.93. The van der Waals surface area contributed by atoms with Gasteiger partial charge in [-0.15, -0.1) is 25.7 Å². The molecule has 40 heavy (non-hydrogen) atoms. The number of carbonyl (C=O) groups excluding carboxylic acids is 1. The summed E-state index contributed by atoms with van der Waals surface area (Å²) in [5, 5.41) is 2.96. The maximum Gasteiger partial charge on any atom is 0.271 e. The first kappa shape index (κ1) is 35.8. The number of halogens is 2. The molecule has 1 heterocycles. The Morgan fingerprint density at radius 1 is 1.10 bits per heavy atom. The van der Waals surface area contributed by atoms with Gasteiger partial charge >= 0.3 is 0 Å². The Hall–Kier alpha value is -4.17. The van der Waals surface area contributed by atoms with Crippen molar-refractivity contribution in [3.05, 3.63) is 76.5 Å². The molecule has 1 unspecified atom stereocenters. The fourth-order valence-electron chi connectivity index (χ4n) is 3.93. The smallest absolute Gasteiger partial charge is 0.271 e. The lowest BCUT2D eigenvalue weighted by atomic mass is 9.84. The molecule has 1 aromatic carbocycles. The van der Waals surface area contributed by atoms with Gasteiger partial charge in [-0.3, -0.25) is 9.78 Å². The molecule has 0 aliphatic heterocycles. The molecule has 1 aliphatic carbocycles. The Balaban J connectivity index is 0.00000171. The molecular formula is C32H43F2N5O. The molecule has 0 radical (unpaired) electrons. The van der Waals surface area contributed by atoms with Crippen LogP contribution in [-0.4, -0.2) is 21.9 Å². The van der Waals surface area contributed by atoms with Crippen LogP contribution in [0.4, 0.5) is 8.78 Å². The van der Waals surface area contributed by atoms with Gasteiger partial charge in [0, 0.05) is 29.6 Å². The molecule has 3 rings (SSSR count). The number of hydrogen-bond acceptors (Lipinski definition) is 5. The predicted octanol–water partition coefficient (Wildman–Crippen LogP) is 6.31. The van der Waals surface area contributed by atoms with Gasteiger partial charge in [0.1, 0.15) is 17.3 Å². The normalized spacial score (nSPS) is 14.6. The average Bonchev–Trinajstić information content (AvgIpc) is 2.94. The third kappa shape index (κ3) is 10.9. The molecule has 1 atom stereocenters. The number of terminal acetylenes is 2. The second-order valence-electron chi connectivity index (χ2n) is 9.67. The van der Waals surface area contributed by atoms with Gasteiger partial charge in [-0.1, -0.05) is 40.7 Å². The molecule has 0 fully saturated rings. The van der Waals surface area contributed by atoms with E-state index in [4.69, 9.17) is 11.5 Å². The summed E-state index contributed by atoms with van der Waals surface area (Å²) in [6, 6.07) is 3.69. The summed E-state index contributed by atoms with van der Waals surface area (Å²) in [6.07, 6.45) is 24.4. The SMILES string of the molecule is C#C.C#C.CC(C)C.CCC(CC)NC(=O)c1cncc(C2CCCC(/C=C(\N)c3c(F)cccc3F)=C2N)n1. The van der Waals surface area contributed by atoms with Gasteiger partial charge in [-0.05, 0) is 61.8 Å². The zero-order valence-electron chi connectivity index (χ0n) is 24.3. The number of benzene rings is 1. The summed E-state index contributed by atoms with van der Waals surface area (Å²) in [5.41, 5.74) is 14.2. The number of amides is 1. The van der Waals surface area contributed by atoms with Crippen LogP contribution in [0.25, 0.3) is 5.70 Å². The van der Waals surface area contributed by atoms with Crippen molar-refractivity contribution in [2.24, 2.45) is 17.4 Å². The van der Waals surface area contributed by atoms with Crippen LogP contribution in [0.1, 0.15) is 94.4 Å². The number of nitrogens with zero attached hydrogens (tertiary/aromatic N) is 2. The summed E-state index contributed by atoms with van der Waals surface area (Å²) < 4.78 is 28.2. The van der Waals surface area contributed by atoms with E-state index < -0.39 is 11.6 Å². The van der Waals surface area contributed by atoms with Gasteiger partial charge in [0.2, 0.25) is 0 Å². The van der Waals surface area contributed by atoms with Crippen molar-refractivity contribution in [3.8, 4) is 25.7 Å². The number of allylic oxidation sites excluding steroid dienone is 3. The molecule has 0 spiro atoms. The van der Waals surface area contributed by atoms with Crippen molar-refractivity contribution in [2.45, 2.75) is 78.7 Å². The molecular weight excluding hydrogens is 508 g/mol. The van der Waals surface area contributed by atoms with E-state index in [1.54, 1.807) is 6.20 Å². The van der Waals surface area contributed by atoms with E-state index in [-0.39, 0.29) is 34.8 Å². The molecule has 216 valence electrons. The van der Waals surface area contributed by atoms with E-state index in [1.165, 1.54) is 18.3 Å². The highest BCUT2D eigenvalue weighted by molar-refractivity contribution is 5.92. The van der Waals surface area contributed by atoms with Crippen LogP contribution in [0.15, 0.2) is 47.9 Å². The first-order valence-electron chi connectivity index (χ1n) is 13.3. The maximum absolute atomic E-state index is 14.1. The number of aromatic nitrogens is 2. The second kappa shape index (κ2) is 19.0. The number of nitrogens with one attached hydrogen (secondary N) is 1. The number of nitrogens with two attached hydrogens (primary N) is 2. The van der Waals surface area contributed by atoms with E-state index in [0.29, 0.717) is 23.4 Å². The minimum absolute atomic E-state index is 0.0245. The van der Waals surface area contributed by atoms with Gasteiger partial charge in [-0.25, -0.2) is 13.8 Å². The van der Waals surface area contributed by atoms with Gasteiger partial charge < -0.3 is 16.8 Å². The van der Waals surface area contributed by atoms with Crippen molar-refractivity contribution in [1.82, 2.24) is 15.3 Å². The Kier molecular flexibility index (Phi) is 17.0. The minimum Gasteiger partial charge on any atom is -0.401 e. The van der Waals surface area contributed by atoms with Crippen molar-refractivity contribution in [3.63, 3.8) is 0 Å².